The zero-order valence-corrected chi connectivity index (χ0v) is 12.2. The summed E-state index contributed by atoms with van der Waals surface area (Å²) in [6.45, 7) is 2.75. The SMILES string of the molecule is Cc1ccc(OCCC2=CCc3c2ccnc3Cl)cc1. The average molecular weight is 286 g/mol. The molecule has 2 aromatic rings. The second-order valence-electron chi connectivity index (χ2n) is 4.97. The van der Waals surface area contributed by atoms with Gasteiger partial charge in [0.2, 0.25) is 0 Å². The first-order valence-electron chi connectivity index (χ1n) is 6.76. The van der Waals surface area contributed by atoms with Gasteiger partial charge < -0.3 is 4.74 Å². The van der Waals surface area contributed by atoms with Gasteiger partial charge in [-0.2, -0.15) is 0 Å². The number of benzene rings is 1. The average Bonchev–Trinajstić information content (AvgIpc) is 2.86. The summed E-state index contributed by atoms with van der Waals surface area (Å²) in [7, 11) is 0. The van der Waals surface area contributed by atoms with Crippen LogP contribution in [0.3, 0.4) is 0 Å². The van der Waals surface area contributed by atoms with Crippen molar-refractivity contribution in [2.24, 2.45) is 0 Å². The highest BCUT2D eigenvalue weighted by molar-refractivity contribution is 6.30. The lowest BCUT2D eigenvalue weighted by molar-refractivity contribution is 0.327. The van der Waals surface area contributed by atoms with Gasteiger partial charge in [0.1, 0.15) is 10.9 Å². The van der Waals surface area contributed by atoms with Crippen LogP contribution in [0.2, 0.25) is 5.15 Å². The van der Waals surface area contributed by atoms with E-state index >= 15 is 0 Å². The van der Waals surface area contributed by atoms with Crippen molar-refractivity contribution in [3.05, 3.63) is 64.4 Å². The number of fused-ring (bicyclic) bond motifs is 1. The molecule has 0 atom stereocenters. The maximum absolute atomic E-state index is 6.10. The Morgan fingerprint density at radius 1 is 1.20 bits per heavy atom. The Balaban J connectivity index is 1.61. The molecule has 1 aliphatic rings. The molecule has 3 rings (SSSR count). The summed E-state index contributed by atoms with van der Waals surface area (Å²) in [5.41, 5.74) is 4.90. The van der Waals surface area contributed by atoms with Crippen LogP contribution < -0.4 is 4.74 Å². The summed E-state index contributed by atoms with van der Waals surface area (Å²) >= 11 is 6.10. The molecule has 1 aromatic carbocycles. The fourth-order valence-corrected chi connectivity index (χ4v) is 2.68. The lowest BCUT2D eigenvalue weighted by Gasteiger charge is -2.09. The third-order valence-corrected chi connectivity index (χ3v) is 3.89. The van der Waals surface area contributed by atoms with Gasteiger partial charge in [-0.25, -0.2) is 4.98 Å². The van der Waals surface area contributed by atoms with E-state index in [0.717, 1.165) is 24.2 Å². The fraction of sp³-hybridized carbons (Fsp3) is 0.235. The summed E-state index contributed by atoms with van der Waals surface area (Å²) in [5.74, 6) is 0.919. The van der Waals surface area contributed by atoms with Crippen molar-refractivity contribution >= 4 is 17.2 Å². The molecule has 0 saturated heterocycles. The molecule has 1 aromatic heterocycles. The monoisotopic (exact) mass is 285 g/mol. The second-order valence-corrected chi connectivity index (χ2v) is 5.33. The Morgan fingerprint density at radius 3 is 2.80 bits per heavy atom. The van der Waals surface area contributed by atoms with Gasteiger partial charge in [0.05, 0.1) is 6.61 Å². The Hall–Kier alpha value is -1.80. The molecule has 1 aliphatic carbocycles. The summed E-state index contributed by atoms with van der Waals surface area (Å²) in [5, 5.41) is 0.619. The number of aryl methyl sites for hydroxylation is 1. The van der Waals surface area contributed by atoms with Crippen LogP contribution in [-0.2, 0) is 6.42 Å². The molecule has 1 heterocycles. The van der Waals surface area contributed by atoms with E-state index in [0.29, 0.717) is 11.8 Å². The van der Waals surface area contributed by atoms with Crippen LogP contribution in [0.1, 0.15) is 23.1 Å². The minimum absolute atomic E-state index is 0.619. The predicted molar refractivity (Wildman–Crippen MR) is 82.2 cm³/mol. The molecule has 0 fully saturated rings. The van der Waals surface area contributed by atoms with Gasteiger partial charge in [0.25, 0.3) is 0 Å². The minimum Gasteiger partial charge on any atom is -0.493 e. The number of hydrogen-bond donors (Lipinski definition) is 0. The number of aromatic nitrogens is 1. The smallest absolute Gasteiger partial charge is 0.133 e. The lowest BCUT2D eigenvalue weighted by Crippen LogP contribution is -1.98. The molecular formula is C17H16ClNO. The van der Waals surface area contributed by atoms with Crippen molar-refractivity contribution in [2.45, 2.75) is 19.8 Å². The van der Waals surface area contributed by atoms with Crippen molar-refractivity contribution < 1.29 is 4.74 Å². The maximum Gasteiger partial charge on any atom is 0.133 e. The molecule has 0 amide bonds. The molecule has 3 heteroatoms. The number of halogens is 1. The number of pyridine rings is 1. The van der Waals surface area contributed by atoms with Gasteiger partial charge in [-0.3, -0.25) is 0 Å². The zero-order valence-electron chi connectivity index (χ0n) is 11.4. The number of ether oxygens (including phenoxy) is 1. The molecule has 0 radical (unpaired) electrons. The van der Waals surface area contributed by atoms with Crippen LogP contribution in [0.5, 0.6) is 5.75 Å². The first-order valence-corrected chi connectivity index (χ1v) is 7.14. The van der Waals surface area contributed by atoms with E-state index < -0.39 is 0 Å². The highest BCUT2D eigenvalue weighted by Gasteiger charge is 2.16. The maximum atomic E-state index is 6.10. The van der Waals surface area contributed by atoms with E-state index in [9.17, 15) is 0 Å². The highest BCUT2D eigenvalue weighted by atomic mass is 35.5. The highest BCUT2D eigenvalue weighted by Crippen LogP contribution is 2.32. The van der Waals surface area contributed by atoms with Crippen molar-refractivity contribution in [3.63, 3.8) is 0 Å². The van der Waals surface area contributed by atoms with Crippen molar-refractivity contribution in [3.8, 4) is 5.75 Å². The third-order valence-electron chi connectivity index (χ3n) is 3.56. The third kappa shape index (κ3) is 2.70. The van der Waals surface area contributed by atoms with E-state index in [1.165, 1.54) is 16.7 Å². The second kappa shape index (κ2) is 5.68. The van der Waals surface area contributed by atoms with Crippen LogP contribution in [-0.4, -0.2) is 11.6 Å². The van der Waals surface area contributed by atoms with Crippen LogP contribution in [0.25, 0.3) is 5.57 Å². The molecule has 0 spiro atoms. The minimum atomic E-state index is 0.619. The molecular weight excluding hydrogens is 270 g/mol. The van der Waals surface area contributed by atoms with E-state index in [2.05, 4.69) is 30.1 Å². The first-order chi connectivity index (χ1) is 9.74. The molecule has 0 unspecified atom stereocenters. The fourth-order valence-electron chi connectivity index (χ4n) is 2.45. The van der Waals surface area contributed by atoms with Gasteiger partial charge >= 0.3 is 0 Å². The lowest BCUT2D eigenvalue weighted by atomic mass is 10.1. The van der Waals surface area contributed by atoms with E-state index in [1.807, 2.05) is 18.2 Å². The molecule has 102 valence electrons. The topological polar surface area (TPSA) is 22.1 Å². The van der Waals surface area contributed by atoms with E-state index in [4.69, 9.17) is 16.3 Å². The molecule has 0 saturated carbocycles. The van der Waals surface area contributed by atoms with E-state index in [1.54, 1.807) is 6.20 Å². The van der Waals surface area contributed by atoms with Crippen LogP contribution in [0.15, 0.2) is 42.6 Å². The van der Waals surface area contributed by atoms with Crippen LogP contribution >= 0.6 is 11.6 Å². The largest absolute Gasteiger partial charge is 0.493 e. The summed E-state index contributed by atoms with van der Waals surface area (Å²) in [6.07, 6.45) is 5.75. The van der Waals surface area contributed by atoms with Gasteiger partial charge in [-0.05, 0) is 42.7 Å². The Kier molecular flexibility index (Phi) is 3.75. The number of rotatable bonds is 4. The Bertz CT molecular complexity index is 647. The van der Waals surface area contributed by atoms with Gasteiger partial charge in [0, 0.05) is 18.2 Å². The predicted octanol–water partition coefficient (Wildman–Crippen LogP) is 4.45. The van der Waals surface area contributed by atoms with Gasteiger partial charge in [-0.15, -0.1) is 0 Å². The van der Waals surface area contributed by atoms with Gasteiger partial charge in [-0.1, -0.05) is 35.4 Å². The quantitative estimate of drug-likeness (QED) is 0.774. The van der Waals surface area contributed by atoms with Crippen molar-refractivity contribution in [1.29, 1.82) is 0 Å². The zero-order chi connectivity index (χ0) is 13.9. The number of nitrogens with zero attached hydrogens (tertiary/aromatic N) is 1. The standard InChI is InChI=1S/C17H16ClNO/c1-12-2-5-14(6-3-12)20-11-9-13-4-7-16-15(13)8-10-19-17(16)18/h2-6,8,10H,7,9,11H2,1H3. The summed E-state index contributed by atoms with van der Waals surface area (Å²) in [4.78, 5) is 4.12. The first kappa shape index (κ1) is 13.2. The Labute approximate surface area is 124 Å². The molecule has 2 nitrogen and oxygen atoms in total. The molecule has 0 N–H and O–H groups in total. The number of hydrogen-bond acceptors (Lipinski definition) is 2. The van der Waals surface area contributed by atoms with Crippen LogP contribution in [0, 0.1) is 6.92 Å². The van der Waals surface area contributed by atoms with Crippen molar-refractivity contribution in [1.82, 2.24) is 4.98 Å². The van der Waals surface area contributed by atoms with E-state index in [-0.39, 0.29) is 0 Å². The number of allylic oxidation sites excluding steroid dienone is 1. The van der Waals surface area contributed by atoms with Crippen LogP contribution in [0.4, 0.5) is 0 Å². The normalized spacial score (nSPS) is 13.0. The molecule has 0 bridgehead atoms. The van der Waals surface area contributed by atoms with Crippen molar-refractivity contribution in [2.75, 3.05) is 6.61 Å². The summed E-state index contributed by atoms with van der Waals surface area (Å²) in [6, 6.07) is 10.2. The molecule has 0 aliphatic heterocycles. The Morgan fingerprint density at radius 2 is 2.00 bits per heavy atom. The molecule has 20 heavy (non-hydrogen) atoms. The summed E-state index contributed by atoms with van der Waals surface area (Å²) < 4.78 is 5.78. The van der Waals surface area contributed by atoms with Gasteiger partial charge in [0.15, 0.2) is 0 Å².